The molecule has 3 unspecified atom stereocenters. The van der Waals surface area contributed by atoms with Gasteiger partial charge in [-0.05, 0) is 43.2 Å². The van der Waals surface area contributed by atoms with Crippen molar-refractivity contribution in [2.75, 3.05) is 5.73 Å². The quantitative estimate of drug-likeness (QED) is 0.842. The first-order valence-electron chi connectivity index (χ1n) is 6.59. The van der Waals surface area contributed by atoms with Crippen LogP contribution in [0.2, 0.25) is 0 Å². The van der Waals surface area contributed by atoms with Crippen LogP contribution in [-0.2, 0) is 0 Å². The van der Waals surface area contributed by atoms with Crippen LogP contribution in [0.1, 0.15) is 43.6 Å². The number of anilines is 1. The summed E-state index contributed by atoms with van der Waals surface area (Å²) in [5, 5.41) is 3.06. The monoisotopic (exact) mass is 247 g/mol. The third kappa shape index (κ3) is 3.00. The summed E-state index contributed by atoms with van der Waals surface area (Å²) in [4.78, 5) is 16.1. The van der Waals surface area contributed by atoms with Crippen LogP contribution in [0, 0.1) is 11.8 Å². The first kappa shape index (κ1) is 12.9. The summed E-state index contributed by atoms with van der Waals surface area (Å²) in [5.41, 5.74) is 5.98. The van der Waals surface area contributed by atoms with Crippen molar-refractivity contribution in [3.63, 3.8) is 0 Å². The van der Waals surface area contributed by atoms with E-state index in [1.165, 1.54) is 6.42 Å². The van der Waals surface area contributed by atoms with E-state index in [1.807, 2.05) is 0 Å². The molecule has 0 saturated heterocycles. The van der Waals surface area contributed by atoms with E-state index in [4.69, 9.17) is 5.73 Å². The third-order valence-electron chi connectivity index (χ3n) is 3.94. The molecule has 1 saturated carbocycles. The molecule has 1 aliphatic carbocycles. The number of pyridine rings is 1. The van der Waals surface area contributed by atoms with Crippen molar-refractivity contribution in [3.8, 4) is 0 Å². The highest BCUT2D eigenvalue weighted by atomic mass is 16.1. The van der Waals surface area contributed by atoms with E-state index in [-0.39, 0.29) is 11.9 Å². The minimum Gasteiger partial charge on any atom is -0.384 e. The lowest BCUT2D eigenvalue weighted by Crippen LogP contribution is -2.40. The Bertz CT molecular complexity index is 433. The highest BCUT2D eigenvalue weighted by Gasteiger charge is 2.25. The Balaban J connectivity index is 1.96. The highest BCUT2D eigenvalue weighted by Crippen LogP contribution is 2.29. The molecular weight excluding hydrogens is 226 g/mol. The van der Waals surface area contributed by atoms with Crippen molar-refractivity contribution in [1.82, 2.24) is 10.3 Å². The van der Waals surface area contributed by atoms with Gasteiger partial charge in [0.1, 0.15) is 11.5 Å². The van der Waals surface area contributed by atoms with Crippen LogP contribution in [0.15, 0.2) is 18.2 Å². The fourth-order valence-electron chi connectivity index (χ4n) is 2.52. The molecule has 1 heterocycles. The average molecular weight is 247 g/mol. The molecule has 0 radical (unpaired) electrons. The minimum absolute atomic E-state index is 0.117. The van der Waals surface area contributed by atoms with Crippen molar-refractivity contribution in [2.24, 2.45) is 11.8 Å². The lowest BCUT2D eigenvalue weighted by atomic mass is 9.79. The lowest BCUT2D eigenvalue weighted by molar-refractivity contribution is 0.0905. The number of aromatic nitrogens is 1. The molecule has 0 aliphatic heterocycles. The van der Waals surface area contributed by atoms with Gasteiger partial charge in [-0.25, -0.2) is 4.98 Å². The fourth-order valence-corrected chi connectivity index (χ4v) is 2.52. The smallest absolute Gasteiger partial charge is 0.270 e. The zero-order valence-electron chi connectivity index (χ0n) is 11.0. The van der Waals surface area contributed by atoms with Gasteiger partial charge in [0.05, 0.1) is 0 Å². The second-order valence-electron chi connectivity index (χ2n) is 5.39. The minimum atomic E-state index is -0.117. The highest BCUT2D eigenvalue weighted by molar-refractivity contribution is 5.92. The van der Waals surface area contributed by atoms with Crippen molar-refractivity contribution in [2.45, 2.75) is 39.2 Å². The number of nitrogens with two attached hydrogens (primary N) is 1. The first-order valence-corrected chi connectivity index (χ1v) is 6.59. The zero-order chi connectivity index (χ0) is 13.1. The van der Waals surface area contributed by atoms with Crippen molar-refractivity contribution < 1.29 is 4.79 Å². The molecule has 1 fully saturated rings. The Labute approximate surface area is 108 Å². The Hall–Kier alpha value is -1.58. The maximum Gasteiger partial charge on any atom is 0.270 e. The van der Waals surface area contributed by atoms with E-state index in [0.717, 1.165) is 18.8 Å². The topological polar surface area (TPSA) is 68.0 Å². The Morgan fingerprint density at radius 3 is 2.78 bits per heavy atom. The number of carbonyl (C=O) groups excluding carboxylic acids is 1. The van der Waals surface area contributed by atoms with Crippen LogP contribution in [0.4, 0.5) is 5.82 Å². The van der Waals surface area contributed by atoms with Gasteiger partial charge in [-0.15, -0.1) is 0 Å². The number of hydrogen-bond donors (Lipinski definition) is 2. The molecule has 98 valence electrons. The number of nitrogens with zero attached hydrogens (tertiary/aromatic N) is 1. The van der Waals surface area contributed by atoms with Gasteiger partial charge in [-0.3, -0.25) is 4.79 Å². The van der Waals surface area contributed by atoms with Crippen LogP contribution in [-0.4, -0.2) is 16.9 Å². The maximum atomic E-state index is 12.0. The standard InChI is InChI=1S/C14H21N3O/c1-9-6-7-11(8-10(9)2)16-14(18)12-4-3-5-13(15)17-12/h3-5,9-11H,6-8H2,1-2H3,(H2,15,17)(H,16,18). The second-order valence-corrected chi connectivity index (χ2v) is 5.39. The van der Waals surface area contributed by atoms with Crippen LogP contribution in [0.3, 0.4) is 0 Å². The van der Waals surface area contributed by atoms with E-state index in [2.05, 4.69) is 24.1 Å². The zero-order valence-corrected chi connectivity index (χ0v) is 11.0. The molecule has 3 atom stereocenters. The number of carbonyl (C=O) groups is 1. The summed E-state index contributed by atoms with van der Waals surface area (Å²) < 4.78 is 0. The molecule has 0 aromatic carbocycles. The molecule has 1 amide bonds. The summed E-state index contributed by atoms with van der Waals surface area (Å²) in [6, 6.07) is 5.40. The molecule has 2 rings (SSSR count). The van der Waals surface area contributed by atoms with Gasteiger partial charge in [0, 0.05) is 6.04 Å². The summed E-state index contributed by atoms with van der Waals surface area (Å²) >= 11 is 0. The summed E-state index contributed by atoms with van der Waals surface area (Å²) in [7, 11) is 0. The lowest BCUT2D eigenvalue weighted by Gasteiger charge is -2.32. The van der Waals surface area contributed by atoms with Crippen LogP contribution in [0.25, 0.3) is 0 Å². The van der Waals surface area contributed by atoms with E-state index in [0.29, 0.717) is 17.4 Å². The Morgan fingerprint density at radius 1 is 1.33 bits per heavy atom. The predicted molar refractivity (Wildman–Crippen MR) is 72.1 cm³/mol. The summed E-state index contributed by atoms with van der Waals surface area (Å²) in [5.74, 6) is 1.68. The van der Waals surface area contributed by atoms with Gasteiger partial charge < -0.3 is 11.1 Å². The summed E-state index contributed by atoms with van der Waals surface area (Å²) in [6.45, 7) is 4.53. The molecule has 3 N–H and O–H groups in total. The van der Waals surface area contributed by atoms with Gasteiger partial charge in [-0.1, -0.05) is 19.9 Å². The molecule has 4 nitrogen and oxygen atoms in total. The number of amides is 1. The molecule has 18 heavy (non-hydrogen) atoms. The van der Waals surface area contributed by atoms with Crippen molar-refractivity contribution in [1.29, 1.82) is 0 Å². The molecule has 1 aromatic heterocycles. The third-order valence-corrected chi connectivity index (χ3v) is 3.94. The Kier molecular flexibility index (Phi) is 3.84. The molecule has 0 spiro atoms. The normalized spacial score (nSPS) is 27.8. The molecule has 4 heteroatoms. The van der Waals surface area contributed by atoms with Crippen LogP contribution in [0.5, 0.6) is 0 Å². The van der Waals surface area contributed by atoms with Gasteiger partial charge >= 0.3 is 0 Å². The van der Waals surface area contributed by atoms with Gasteiger partial charge in [-0.2, -0.15) is 0 Å². The Morgan fingerprint density at radius 2 is 2.11 bits per heavy atom. The molecule has 1 aliphatic rings. The summed E-state index contributed by atoms with van der Waals surface area (Å²) in [6.07, 6.45) is 3.28. The molecule has 1 aromatic rings. The predicted octanol–water partition coefficient (Wildman–Crippen LogP) is 2.22. The molecule has 0 bridgehead atoms. The largest absolute Gasteiger partial charge is 0.384 e. The fraction of sp³-hybridized carbons (Fsp3) is 0.571. The second kappa shape index (κ2) is 5.38. The SMILES string of the molecule is CC1CCC(NC(=O)c2cccc(N)n2)CC1C. The van der Waals surface area contributed by atoms with Gasteiger partial charge in [0.15, 0.2) is 0 Å². The van der Waals surface area contributed by atoms with E-state index >= 15 is 0 Å². The average Bonchev–Trinajstić information content (AvgIpc) is 2.34. The van der Waals surface area contributed by atoms with E-state index in [9.17, 15) is 4.79 Å². The maximum absolute atomic E-state index is 12.0. The van der Waals surface area contributed by atoms with Crippen molar-refractivity contribution >= 4 is 11.7 Å². The van der Waals surface area contributed by atoms with E-state index < -0.39 is 0 Å². The van der Waals surface area contributed by atoms with Crippen LogP contribution < -0.4 is 11.1 Å². The number of nitrogen functional groups attached to an aromatic ring is 1. The number of hydrogen-bond acceptors (Lipinski definition) is 3. The number of nitrogens with one attached hydrogen (secondary N) is 1. The van der Waals surface area contributed by atoms with Crippen LogP contribution >= 0.6 is 0 Å². The first-order chi connectivity index (χ1) is 8.56. The van der Waals surface area contributed by atoms with Gasteiger partial charge in [0.2, 0.25) is 0 Å². The number of rotatable bonds is 2. The van der Waals surface area contributed by atoms with Crippen molar-refractivity contribution in [3.05, 3.63) is 23.9 Å². The van der Waals surface area contributed by atoms with E-state index in [1.54, 1.807) is 18.2 Å². The molecular formula is C14H21N3O. The van der Waals surface area contributed by atoms with Gasteiger partial charge in [0.25, 0.3) is 5.91 Å².